The van der Waals surface area contributed by atoms with E-state index in [4.69, 9.17) is 23.2 Å². The average Bonchev–Trinajstić information content (AvgIpc) is 3.24. The Hall–Kier alpha value is -3.55. The molecule has 0 bridgehead atoms. The minimum Gasteiger partial charge on any atom is -0.269 e. The number of carbonyl (C=O) groups excluding carboxylic acids is 3. The van der Waals surface area contributed by atoms with E-state index in [-0.39, 0.29) is 39.1 Å². The van der Waals surface area contributed by atoms with E-state index >= 15 is 0 Å². The van der Waals surface area contributed by atoms with Crippen molar-refractivity contribution in [2.45, 2.75) is 6.54 Å². The normalized spacial score (nSPS) is 13.2. The summed E-state index contributed by atoms with van der Waals surface area (Å²) in [5, 5.41) is 0.425. The Morgan fingerprint density at radius 1 is 0.906 bits per heavy atom. The molecule has 32 heavy (non-hydrogen) atoms. The zero-order valence-electron chi connectivity index (χ0n) is 16.2. The number of hydrogen-bond acceptors (Lipinski definition) is 4. The summed E-state index contributed by atoms with van der Waals surface area (Å²) < 4.78 is 15.0. The van der Waals surface area contributed by atoms with Crippen molar-refractivity contribution in [1.29, 1.82) is 0 Å². The highest BCUT2D eigenvalue weighted by Crippen LogP contribution is 2.31. The molecule has 0 spiro atoms. The molecule has 0 fully saturated rings. The lowest BCUT2D eigenvalue weighted by atomic mass is 10.1. The van der Waals surface area contributed by atoms with E-state index < -0.39 is 23.5 Å². The average molecular weight is 468 g/mol. The van der Waals surface area contributed by atoms with Gasteiger partial charge in [-0.05, 0) is 42.5 Å². The summed E-state index contributed by atoms with van der Waals surface area (Å²) in [5.41, 5.74) is 1.29. The third-order valence-electron chi connectivity index (χ3n) is 5.22. The number of amides is 2. The van der Waals surface area contributed by atoms with Gasteiger partial charge in [-0.3, -0.25) is 23.9 Å². The van der Waals surface area contributed by atoms with Crippen LogP contribution in [0.3, 0.4) is 0 Å². The quantitative estimate of drug-likeness (QED) is 0.399. The van der Waals surface area contributed by atoms with Gasteiger partial charge in [-0.25, -0.2) is 9.37 Å². The maximum absolute atomic E-state index is 13.8. The summed E-state index contributed by atoms with van der Waals surface area (Å²) in [6.07, 6.45) is 0. The molecule has 1 aliphatic rings. The number of carbonyl (C=O) groups is 3. The van der Waals surface area contributed by atoms with E-state index in [0.29, 0.717) is 11.0 Å². The maximum atomic E-state index is 13.8. The zero-order chi connectivity index (χ0) is 22.6. The Morgan fingerprint density at radius 3 is 2.22 bits per heavy atom. The van der Waals surface area contributed by atoms with E-state index in [2.05, 4.69) is 4.98 Å². The highest BCUT2D eigenvalue weighted by atomic mass is 35.5. The van der Waals surface area contributed by atoms with Crippen molar-refractivity contribution >= 4 is 52.0 Å². The van der Waals surface area contributed by atoms with E-state index in [9.17, 15) is 18.8 Å². The maximum Gasteiger partial charge on any atom is 0.264 e. The van der Waals surface area contributed by atoms with Crippen LogP contribution in [0.2, 0.25) is 10.0 Å². The number of fused-ring (bicyclic) bond motifs is 2. The molecule has 0 radical (unpaired) electrons. The van der Waals surface area contributed by atoms with Gasteiger partial charge in [0.1, 0.15) is 11.6 Å². The van der Waals surface area contributed by atoms with Gasteiger partial charge in [0, 0.05) is 5.56 Å². The van der Waals surface area contributed by atoms with Crippen LogP contribution in [0.4, 0.5) is 4.39 Å². The van der Waals surface area contributed by atoms with Crippen LogP contribution in [0, 0.1) is 5.82 Å². The smallest absolute Gasteiger partial charge is 0.264 e. The molecule has 1 aliphatic heterocycles. The number of hydrogen-bond donors (Lipinski definition) is 0. The van der Waals surface area contributed by atoms with Crippen LogP contribution >= 0.6 is 23.2 Å². The molecule has 2 amide bonds. The molecule has 9 heteroatoms. The van der Waals surface area contributed by atoms with Crippen LogP contribution in [-0.4, -0.2) is 32.2 Å². The minimum absolute atomic E-state index is 0.0685. The molecule has 1 aromatic heterocycles. The van der Waals surface area contributed by atoms with Gasteiger partial charge in [0.15, 0.2) is 0 Å². The van der Waals surface area contributed by atoms with Gasteiger partial charge in [-0.2, -0.15) is 0 Å². The van der Waals surface area contributed by atoms with Crippen LogP contribution in [0.1, 0.15) is 36.9 Å². The number of rotatable bonds is 3. The molecule has 3 aromatic carbocycles. The van der Waals surface area contributed by atoms with Crippen molar-refractivity contribution in [2.75, 3.05) is 0 Å². The molecule has 6 nitrogen and oxygen atoms in total. The molecule has 2 heterocycles. The van der Waals surface area contributed by atoms with Gasteiger partial charge in [-0.15, -0.1) is 0 Å². The van der Waals surface area contributed by atoms with E-state index in [1.807, 2.05) is 0 Å². The highest BCUT2D eigenvalue weighted by Gasteiger charge is 2.36. The number of benzene rings is 3. The van der Waals surface area contributed by atoms with Gasteiger partial charge >= 0.3 is 0 Å². The van der Waals surface area contributed by atoms with Crippen molar-refractivity contribution in [3.8, 4) is 0 Å². The highest BCUT2D eigenvalue weighted by molar-refractivity contribution is 6.42. The number of imidazole rings is 1. The number of halogens is 3. The summed E-state index contributed by atoms with van der Waals surface area (Å²) in [4.78, 5) is 44.4. The number of nitrogens with zero attached hydrogens (tertiary/aromatic N) is 3. The fraction of sp³-hybridized carbons (Fsp3) is 0.0435. The van der Waals surface area contributed by atoms with Crippen molar-refractivity contribution in [3.05, 3.63) is 99.0 Å². The van der Waals surface area contributed by atoms with Gasteiger partial charge in [0.05, 0.1) is 38.8 Å². The Labute approximate surface area is 190 Å². The van der Waals surface area contributed by atoms with Crippen LogP contribution in [0.5, 0.6) is 0 Å². The van der Waals surface area contributed by atoms with Gasteiger partial charge in [-0.1, -0.05) is 41.4 Å². The molecule has 0 unspecified atom stereocenters. The molecule has 0 aliphatic carbocycles. The lowest BCUT2D eigenvalue weighted by molar-refractivity contribution is 0.0633. The second-order valence-corrected chi connectivity index (χ2v) is 7.99. The SMILES string of the molecule is O=C1c2ccccc2C(=O)N1Cc1nc2cc(Cl)c(Cl)cc2n1C(=O)c1cccc(F)c1. The molecule has 0 saturated carbocycles. The minimum atomic E-state index is -0.586. The van der Waals surface area contributed by atoms with E-state index in [0.717, 1.165) is 11.0 Å². The topological polar surface area (TPSA) is 72.3 Å². The third-order valence-corrected chi connectivity index (χ3v) is 5.94. The Balaban J connectivity index is 1.65. The molecule has 5 rings (SSSR count). The molecular weight excluding hydrogens is 456 g/mol. The van der Waals surface area contributed by atoms with Crippen LogP contribution < -0.4 is 0 Å². The van der Waals surface area contributed by atoms with Crippen LogP contribution in [-0.2, 0) is 6.54 Å². The fourth-order valence-electron chi connectivity index (χ4n) is 3.73. The van der Waals surface area contributed by atoms with Crippen LogP contribution in [0.15, 0.2) is 60.7 Å². The monoisotopic (exact) mass is 467 g/mol. The molecule has 0 N–H and O–H groups in total. The fourth-order valence-corrected chi connectivity index (χ4v) is 4.05. The molecular formula is C23H12Cl2FN3O3. The lowest BCUT2D eigenvalue weighted by Gasteiger charge is -2.15. The second kappa shape index (κ2) is 7.55. The number of imide groups is 1. The van der Waals surface area contributed by atoms with Gasteiger partial charge in [0.2, 0.25) is 0 Å². The standard InChI is InChI=1S/C23H12Cl2FN3O3/c24-16-9-18-19(10-17(16)25)29(21(30)12-4-3-5-13(26)8-12)20(27-18)11-28-22(31)14-6-1-2-7-15(14)23(28)32/h1-10H,11H2. The third kappa shape index (κ3) is 3.18. The Bertz CT molecular complexity index is 1430. The molecule has 158 valence electrons. The lowest BCUT2D eigenvalue weighted by Crippen LogP contribution is -2.31. The van der Waals surface area contributed by atoms with Gasteiger partial charge < -0.3 is 0 Å². The van der Waals surface area contributed by atoms with Crippen molar-refractivity contribution in [3.63, 3.8) is 0 Å². The Morgan fingerprint density at radius 2 is 1.56 bits per heavy atom. The predicted molar refractivity (Wildman–Crippen MR) is 117 cm³/mol. The first-order valence-corrected chi connectivity index (χ1v) is 10.2. The first-order chi connectivity index (χ1) is 15.3. The molecule has 0 saturated heterocycles. The molecule has 0 atom stereocenters. The summed E-state index contributed by atoms with van der Waals surface area (Å²) in [6.45, 7) is -0.267. The van der Waals surface area contributed by atoms with Crippen molar-refractivity contribution < 1.29 is 18.8 Å². The summed E-state index contributed by atoms with van der Waals surface area (Å²) in [7, 11) is 0. The largest absolute Gasteiger partial charge is 0.269 e. The summed E-state index contributed by atoms with van der Waals surface area (Å²) >= 11 is 12.3. The second-order valence-electron chi connectivity index (χ2n) is 7.18. The predicted octanol–water partition coefficient (Wildman–Crippen LogP) is 4.97. The first kappa shape index (κ1) is 20.4. The van der Waals surface area contributed by atoms with E-state index in [1.165, 1.54) is 34.9 Å². The van der Waals surface area contributed by atoms with Crippen LogP contribution in [0.25, 0.3) is 11.0 Å². The van der Waals surface area contributed by atoms with E-state index in [1.54, 1.807) is 24.3 Å². The Kier molecular flexibility index (Phi) is 4.80. The molecule has 4 aromatic rings. The number of aromatic nitrogens is 2. The van der Waals surface area contributed by atoms with Gasteiger partial charge in [0.25, 0.3) is 17.7 Å². The zero-order valence-corrected chi connectivity index (χ0v) is 17.7. The summed E-state index contributed by atoms with van der Waals surface area (Å²) in [5.74, 6) is -2.03. The summed E-state index contributed by atoms with van der Waals surface area (Å²) in [6, 6.07) is 14.6. The first-order valence-electron chi connectivity index (χ1n) is 9.47. The van der Waals surface area contributed by atoms with Crippen molar-refractivity contribution in [1.82, 2.24) is 14.5 Å². The van der Waals surface area contributed by atoms with Crippen molar-refractivity contribution in [2.24, 2.45) is 0 Å².